The first-order valence-corrected chi connectivity index (χ1v) is 7.63. The van der Waals surface area contributed by atoms with Crippen molar-refractivity contribution in [2.45, 2.75) is 25.9 Å². The van der Waals surface area contributed by atoms with E-state index in [1.807, 2.05) is 6.07 Å². The molecular weight excluding hydrogens is 280 g/mol. The molecule has 1 aromatic rings. The average molecular weight is 302 g/mol. The lowest BCUT2D eigenvalue weighted by atomic mass is 9.99. The number of piperidine rings is 1. The minimum atomic E-state index is -0.587. The zero-order valence-corrected chi connectivity index (χ0v) is 12.8. The Bertz CT molecular complexity index is 530. The Morgan fingerprint density at radius 3 is 2.86 bits per heavy atom. The van der Waals surface area contributed by atoms with Crippen molar-refractivity contribution < 1.29 is 9.90 Å². The lowest BCUT2D eigenvalue weighted by molar-refractivity contribution is 0.0792. The molecule has 2 heterocycles. The molecule has 0 spiro atoms. The molecule has 1 aromatic heterocycles. The van der Waals surface area contributed by atoms with Crippen LogP contribution >= 0.6 is 0 Å². The van der Waals surface area contributed by atoms with E-state index in [9.17, 15) is 9.90 Å². The lowest BCUT2D eigenvalue weighted by Crippen LogP contribution is -2.43. The number of likely N-dealkylation sites (tertiary alicyclic amines) is 1. The second-order valence-electron chi connectivity index (χ2n) is 5.89. The summed E-state index contributed by atoms with van der Waals surface area (Å²) < 4.78 is 0. The second-order valence-corrected chi connectivity index (χ2v) is 5.89. The third-order valence-corrected chi connectivity index (χ3v) is 3.97. The maximum absolute atomic E-state index is 11.9. The molecule has 0 radical (unpaired) electrons. The first-order chi connectivity index (χ1) is 10.6. The Labute approximate surface area is 130 Å². The van der Waals surface area contributed by atoms with Crippen molar-refractivity contribution in [2.24, 2.45) is 5.92 Å². The molecule has 6 heteroatoms. The van der Waals surface area contributed by atoms with Gasteiger partial charge in [0.15, 0.2) is 0 Å². The summed E-state index contributed by atoms with van der Waals surface area (Å²) in [6.07, 6.45) is 3.10. The largest absolute Gasteiger partial charge is 0.390 e. The van der Waals surface area contributed by atoms with Crippen molar-refractivity contribution in [3.63, 3.8) is 0 Å². The van der Waals surface area contributed by atoms with Crippen LogP contribution in [0.2, 0.25) is 0 Å². The molecule has 1 unspecified atom stereocenters. The Balaban J connectivity index is 1.74. The summed E-state index contributed by atoms with van der Waals surface area (Å²) in [5, 5.41) is 21.4. The van der Waals surface area contributed by atoms with E-state index in [0.717, 1.165) is 31.8 Å². The Hall–Kier alpha value is -1.97. The predicted molar refractivity (Wildman–Crippen MR) is 82.1 cm³/mol. The molecule has 0 bridgehead atoms. The van der Waals surface area contributed by atoms with Crippen LogP contribution in [0.15, 0.2) is 18.3 Å². The number of carbonyl (C=O) groups is 1. The SMILES string of the molecule is CC1CCN(CC(O)CNC(=O)c2ccc(C#N)cn2)CC1. The van der Waals surface area contributed by atoms with Crippen LogP contribution in [0.5, 0.6) is 0 Å². The summed E-state index contributed by atoms with van der Waals surface area (Å²) in [5.74, 6) is 0.423. The first-order valence-electron chi connectivity index (χ1n) is 7.63. The number of amides is 1. The lowest BCUT2D eigenvalue weighted by Gasteiger charge is -2.31. The molecule has 118 valence electrons. The zero-order chi connectivity index (χ0) is 15.9. The van der Waals surface area contributed by atoms with Crippen LogP contribution in [0, 0.1) is 17.2 Å². The summed E-state index contributed by atoms with van der Waals surface area (Å²) in [6.45, 7) is 5.03. The molecular formula is C16H22N4O2. The summed E-state index contributed by atoms with van der Waals surface area (Å²) in [6, 6.07) is 5.01. The van der Waals surface area contributed by atoms with Crippen molar-refractivity contribution >= 4 is 5.91 Å². The van der Waals surface area contributed by atoms with Gasteiger partial charge in [0.05, 0.1) is 11.7 Å². The molecule has 1 aliphatic rings. The average Bonchev–Trinajstić information content (AvgIpc) is 2.55. The standard InChI is InChI=1S/C16H22N4O2/c1-12-4-6-20(7-5-12)11-14(21)10-19-16(22)15-3-2-13(8-17)9-18-15/h2-3,9,12,14,21H,4-7,10-11H2,1H3,(H,19,22). The number of nitriles is 1. The molecule has 1 fully saturated rings. The van der Waals surface area contributed by atoms with E-state index < -0.39 is 6.10 Å². The highest BCUT2D eigenvalue weighted by Crippen LogP contribution is 2.15. The molecule has 0 aromatic carbocycles. The van der Waals surface area contributed by atoms with Crippen molar-refractivity contribution in [1.82, 2.24) is 15.2 Å². The van der Waals surface area contributed by atoms with E-state index in [0.29, 0.717) is 12.1 Å². The van der Waals surface area contributed by atoms with E-state index in [1.165, 1.54) is 12.3 Å². The summed E-state index contributed by atoms with van der Waals surface area (Å²) >= 11 is 0. The molecule has 22 heavy (non-hydrogen) atoms. The Morgan fingerprint density at radius 2 is 2.27 bits per heavy atom. The maximum Gasteiger partial charge on any atom is 0.269 e. The van der Waals surface area contributed by atoms with Crippen LogP contribution in [0.25, 0.3) is 0 Å². The number of rotatable bonds is 5. The van der Waals surface area contributed by atoms with Gasteiger partial charge in [-0.05, 0) is 44.0 Å². The van der Waals surface area contributed by atoms with E-state index in [-0.39, 0.29) is 18.1 Å². The van der Waals surface area contributed by atoms with Crippen LogP contribution < -0.4 is 5.32 Å². The highest BCUT2D eigenvalue weighted by molar-refractivity contribution is 5.92. The molecule has 0 saturated carbocycles. The van der Waals surface area contributed by atoms with Gasteiger partial charge < -0.3 is 15.3 Å². The van der Waals surface area contributed by atoms with Gasteiger partial charge in [-0.1, -0.05) is 6.92 Å². The number of hydrogen-bond donors (Lipinski definition) is 2. The summed E-state index contributed by atoms with van der Waals surface area (Å²) in [4.78, 5) is 18.1. The van der Waals surface area contributed by atoms with Gasteiger partial charge in [0, 0.05) is 19.3 Å². The fourth-order valence-corrected chi connectivity index (χ4v) is 2.50. The monoisotopic (exact) mass is 302 g/mol. The van der Waals surface area contributed by atoms with Gasteiger partial charge in [-0.15, -0.1) is 0 Å². The van der Waals surface area contributed by atoms with Crippen molar-refractivity contribution in [2.75, 3.05) is 26.2 Å². The number of aromatic nitrogens is 1. The molecule has 1 amide bonds. The third kappa shape index (κ3) is 4.79. The number of carbonyl (C=O) groups excluding carboxylic acids is 1. The van der Waals surface area contributed by atoms with Crippen LogP contribution in [-0.4, -0.2) is 53.2 Å². The summed E-state index contributed by atoms with van der Waals surface area (Å²) in [7, 11) is 0. The molecule has 0 aliphatic carbocycles. The number of hydrogen-bond acceptors (Lipinski definition) is 5. The van der Waals surface area contributed by atoms with E-state index in [2.05, 4.69) is 22.1 Å². The Kier molecular flexibility index (Phi) is 5.87. The quantitative estimate of drug-likeness (QED) is 0.839. The second kappa shape index (κ2) is 7.87. The summed E-state index contributed by atoms with van der Waals surface area (Å²) in [5.41, 5.74) is 0.661. The van der Waals surface area contributed by atoms with Crippen molar-refractivity contribution in [1.29, 1.82) is 5.26 Å². The number of aliphatic hydroxyl groups is 1. The van der Waals surface area contributed by atoms with Crippen LogP contribution in [-0.2, 0) is 0 Å². The van der Waals surface area contributed by atoms with Crippen molar-refractivity contribution in [3.8, 4) is 6.07 Å². The highest BCUT2D eigenvalue weighted by atomic mass is 16.3. The molecule has 1 saturated heterocycles. The minimum Gasteiger partial charge on any atom is -0.390 e. The van der Waals surface area contributed by atoms with Gasteiger partial charge in [0.2, 0.25) is 0 Å². The fourth-order valence-electron chi connectivity index (χ4n) is 2.50. The van der Waals surface area contributed by atoms with Crippen molar-refractivity contribution in [3.05, 3.63) is 29.6 Å². The topological polar surface area (TPSA) is 89.2 Å². The maximum atomic E-state index is 11.9. The number of aliphatic hydroxyl groups excluding tert-OH is 1. The normalized spacial score (nSPS) is 17.7. The number of nitrogens with one attached hydrogen (secondary N) is 1. The molecule has 2 N–H and O–H groups in total. The zero-order valence-electron chi connectivity index (χ0n) is 12.8. The third-order valence-electron chi connectivity index (χ3n) is 3.97. The number of β-amino-alcohol motifs (C(OH)–C–C–N with tert-alkyl or cyclic N) is 1. The molecule has 6 nitrogen and oxygen atoms in total. The Morgan fingerprint density at radius 1 is 1.55 bits per heavy atom. The van der Waals surface area contributed by atoms with E-state index >= 15 is 0 Å². The van der Waals surface area contributed by atoms with Gasteiger partial charge in [-0.2, -0.15) is 5.26 Å². The smallest absolute Gasteiger partial charge is 0.269 e. The molecule has 1 aliphatic heterocycles. The van der Waals surface area contributed by atoms with Gasteiger partial charge in [0.1, 0.15) is 11.8 Å². The fraction of sp³-hybridized carbons (Fsp3) is 0.562. The minimum absolute atomic E-state index is 0.201. The van der Waals surface area contributed by atoms with Crippen LogP contribution in [0.1, 0.15) is 35.8 Å². The predicted octanol–water partition coefficient (Wildman–Crippen LogP) is 0.776. The molecule has 2 rings (SSSR count). The highest BCUT2D eigenvalue weighted by Gasteiger charge is 2.18. The first kappa shape index (κ1) is 16.4. The van der Waals surface area contributed by atoms with Gasteiger partial charge in [0.25, 0.3) is 5.91 Å². The number of nitrogens with zero attached hydrogens (tertiary/aromatic N) is 3. The van der Waals surface area contributed by atoms with Crippen LogP contribution in [0.4, 0.5) is 0 Å². The van der Waals surface area contributed by atoms with E-state index in [4.69, 9.17) is 5.26 Å². The number of pyridine rings is 1. The van der Waals surface area contributed by atoms with Gasteiger partial charge >= 0.3 is 0 Å². The van der Waals surface area contributed by atoms with Crippen LogP contribution in [0.3, 0.4) is 0 Å². The molecule has 1 atom stereocenters. The van der Waals surface area contributed by atoms with E-state index in [1.54, 1.807) is 6.07 Å². The van der Waals surface area contributed by atoms with Gasteiger partial charge in [-0.25, -0.2) is 4.98 Å². The van der Waals surface area contributed by atoms with Gasteiger partial charge in [-0.3, -0.25) is 4.79 Å².